The van der Waals surface area contributed by atoms with E-state index in [2.05, 4.69) is 25.3 Å². The molecular weight excluding hydrogens is 250 g/mol. The predicted molar refractivity (Wildman–Crippen MR) is 65.5 cm³/mol. The van der Waals surface area contributed by atoms with Crippen molar-refractivity contribution in [3.8, 4) is 0 Å². The molecule has 0 aliphatic rings. The molecule has 0 bridgehead atoms. The molecule has 0 unspecified atom stereocenters. The first-order valence-corrected chi connectivity index (χ1v) is 5.50. The second kappa shape index (κ2) is 5.34. The summed E-state index contributed by atoms with van der Waals surface area (Å²) in [5, 5.41) is 13.1. The zero-order chi connectivity index (χ0) is 13.8. The van der Waals surface area contributed by atoms with Gasteiger partial charge in [0.1, 0.15) is 6.54 Å². The van der Waals surface area contributed by atoms with Gasteiger partial charge in [0.2, 0.25) is 0 Å². The van der Waals surface area contributed by atoms with Gasteiger partial charge < -0.3 is 10.1 Å². The van der Waals surface area contributed by atoms with Crippen LogP contribution < -0.4 is 5.32 Å². The summed E-state index contributed by atoms with van der Waals surface area (Å²) in [5.41, 5.74) is 1.63. The van der Waals surface area contributed by atoms with Crippen molar-refractivity contribution in [2.75, 3.05) is 12.4 Å². The molecule has 0 aromatic carbocycles. The Kier molecular flexibility index (Phi) is 3.60. The number of hydrogen-bond acceptors (Lipinski definition) is 5. The third kappa shape index (κ3) is 2.97. The molecular formula is C11H13N5O3. The van der Waals surface area contributed by atoms with Gasteiger partial charge in [-0.3, -0.25) is 19.4 Å². The predicted octanol–water partition coefficient (Wildman–Crippen LogP) is 0.340. The zero-order valence-corrected chi connectivity index (χ0v) is 10.5. The Hall–Kier alpha value is -2.64. The number of aromatic amines is 1. The van der Waals surface area contributed by atoms with Crippen molar-refractivity contribution < 1.29 is 14.3 Å². The van der Waals surface area contributed by atoms with Crippen LogP contribution in [-0.4, -0.2) is 39.0 Å². The topological polar surface area (TPSA) is 102 Å². The van der Waals surface area contributed by atoms with Gasteiger partial charge in [0.05, 0.1) is 30.8 Å². The van der Waals surface area contributed by atoms with Crippen LogP contribution in [0.25, 0.3) is 0 Å². The van der Waals surface area contributed by atoms with Gasteiger partial charge in [-0.05, 0) is 6.92 Å². The summed E-state index contributed by atoms with van der Waals surface area (Å²) in [6.45, 7) is 1.75. The summed E-state index contributed by atoms with van der Waals surface area (Å²) in [5.74, 6) is -0.699. The number of H-pyrrole nitrogens is 1. The van der Waals surface area contributed by atoms with Crippen LogP contribution in [0.5, 0.6) is 0 Å². The number of methoxy groups -OCH3 is 1. The minimum atomic E-state index is -0.411. The van der Waals surface area contributed by atoms with Crippen molar-refractivity contribution in [2.45, 2.75) is 13.5 Å². The Morgan fingerprint density at radius 1 is 1.47 bits per heavy atom. The molecule has 0 radical (unpaired) electrons. The maximum atomic E-state index is 11.9. The molecule has 19 heavy (non-hydrogen) atoms. The fourth-order valence-electron chi connectivity index (χ4n) is 1.49. The second-order valence-corrected chi connectivity index (χ2v) is 3.87. The van der Waals surface area contributed by atoms with E-state index in [-0.39, 0.29) is 12.5 Å². The van der Waals surface area contributed by atoms with E-state index in [1.807, 2.05) is 0 Å². The third-order valence-electron chi connectivity index (χ3n) is 2.48. The monoisotopic (exact) mass is 263 g/mol. The Bertz CT molecular complexity index is 601. The number of anilines is 1. The number of aromatic nitrogens is 4. The summed E-state index contributed by atoms with van der Waals surface area (Å²) in [6, 6.07) is 0. The summed E-state index contributed by atoms with van der Waals surface area (Å²) >= 11 is 0. The van der Waals surface area contributed by atoms with Crippen molar-refractivity contribution in [3.63, 3.8) is 0 Å². The molecule has 0 saturated heterocycles. The molecule has 0 fully saturated rings. The van der Waals surface area contributed by atoms with Gasteiger partial charge in [0, 0.05) is 11.9 Å². The van der Waals surface area contributed by atoms with Crippen LogP contribution in [-0.2, 0) is 16.1 Å². The first-order chi connectivity index (χ1) is 9.10. The van der Waals surface area contributed by atoms with E-state index in [0.29, 0.717) is 16.9 Å². The normalized spacial score (nSPS) is 10.2. The maximum Gasteiger partial charge on any atom is 0.327 e. The van der Waals surface area contributed by atoms with Gasteiger partial charge >= 0.3 is 5.97 Å². The highest BCUT2D eigenvalue weighted by molar-refractivity contribution is 6.04. The quantitative estimate of drug-likeness (QED) is 0.774. The average molecular weight is 263 g/mol. The highest BCUT2D eigenvalue weighted by Gasteiger charge is 2.12. The highest BCUT2D eigenvalue weighted by atomic mass is 16.5. The van der Waals surface area contributed by atoms with Crippen LogP contribution in [0, 0.1) is 6.92 Å². The molecule has 0 aliphatic heterocycles. The van der Waals surface area contributed by atoms with E-state index in [0.717, 1.165) is 0 Å². The van der Waals surface area contributed by atoms with Crippen LogP contribution in [0.3, 0.4) is 0 Å². The average Bonchev–Trinajstić information content (AvgIpc) is 2.98. The molecule has 100 valence electrons. The van der Waals surface area contributed by atoms with Gasteiger partial charge in [-0.1, -0.05) is 0 Å². The molecule has 2 rings (SSSR count). The number of esters is 1. The number of carbonyl (C=O) groups is 2. The van der Waals surface area contributed by atoms with Crippen LogP contribution in [0.15, 0.2) is 18.6 Å². The van der Waals surface area contributed by atoms with E-state index in [4.69, 9.17) is 0 Å². The fourth-order valence-corrected chi connectivity index (χ4v) is 1.49. The van der Waals surface area contributed by atoms with Crippen molar-refractivity contribution in [2.24, 2.45) is 0 Å². The van der Waals surface area contributed by atoms with E-state index >= 15 is 0 Å². The highest BCUT2D eigenvalue weighted by Crippen LogP contribution is 2.09. The molecule has 0 spiro atoms. The maximum absolute atomic E-state index is 11.9. The van der Waals surface area contributed by atoms with Crippen LogP contribution >= 0.6 is 0 Å². The number of aryl methyl sites for hydroxylation is 1. The number of amides is 1. The van der Waals surface area contributed by atoms with Gasteiger partial charge in [-0.25, -0.2) is 0 Å². The Morgan fingerprint density at radius 3 is 2.89 bits per heavy atom. The van der Waals surface area contributed by atoms with Gasteiger partial charge in [0.15, 0.2) is 0 Å². The largest absolute Gasteiger partial charge is 0.468 e. The van der Waals surface area contributed by atoms with Crippen molar-refractivity contribution >= 4 is 17.6 Å². The number of rotatable bonds is 4. The minimum Gasteiger partial charge on any atom is -0.468 e. The molecule has 2 aromatic heterocycles. The van der Waals surface area contributed by atoms with Crippen LogP contribution in [0.2, 0.25) is 0 Å². The Labute approximate surface area is 108 Å². The van der Waals surface area contributed by atoms with Gasteiger partial charge in [-0.2, -0.15) is 10.2 Å². The van der Waals surface area contributed by atoms with Gasteiger partial charge in [-0.15, -0.1) is 0 Å². The third-order valence-corrected chi connectivity index (χ3v) is 2.48. The Morgan fingerprint density at radius 2 is 2.26 bits per heavy atom. The molecule has 8 nitrogen and oxygen atoms in total. The minimum absolute atomic E-state index is 0.00287. The molecule has 0 saturated carbocycles. The lowest BCUT2D eigenvalue weighted by atomic mass is 10.2. The molecule has 2 N–H and O–H groups in total. The Balaban J connectivity index is 2.02. The van der Waals surface area contributed by atoms with E-state index < -0.39 is 5.97 Å². The summed E-state index contributed by atoms with van der Waals surface area (Å²) < 4.78 is 5.90. The lowest BCUT2D eigenvalue weighted by Crippen LogP contribution is -2.13. The van der Waals surface area contributed by atoms with E-state index in [9.17, 15) is 9.59 Å². The summed E-state index contributed by atoms with van der Waals surface area (Å²) in [4.78, 5) is 22.9. The fraction of sp³-hybridized carbons (Fsp3) is 0.273. The molecule has 0 atom stereocenters. The van der Waals surface area contributed by atoms with Crippen LogP contribution in [0.4, 0.5) is 5.69 Å². The van der Waals surface area contributed by atoms with Gasteiger partial charge in [0.25, 0.3) is 5.91 Å². The van der Waals surface area contributed by atoms with E-state index in [1.54, 1.807) is 13.1 Å². The van der Waals surface area contributed by atoms with Crippen LogP contribution in [0.1, 0.15) is 16.1 Å². The number of hydrogen-bond donors (Lipinski definition) is 2. The smallest absolute Gasteiger partial charge is 0.327 e. The number of nitrogens with zero attached hydrogens (tertiary/aromatic N) is 3. The number of carbonyl (C=O) groups excluding carboxylic acids is 2. The van der Waals surface area contributed by atoms with Crippen molar-refractivity contribution in [1.82, 2.24) is 20.0 Å². The van der Waals surface area contributed by atoms with E-state index in [1.165, 1.54) is 24.2 Å². The number of ether oxygens (including phenoxy) is 1. The second-order valence-electron chi connectivity index (χ2n) is 3.87. The summed E-state index contributed by atoms with van der Waals surface area (Å²) in [7, 11) is 1.30. The zero-order valence-electron chi connectivity index (χ0n) is 10.5. The number of nitrogens with one attached hydrogen (secondary N) is 2. The molecule has 2 heterocycles. The SMILES string of the molecule is COC(=O)Cn1cc(NC(=O)c2cn[nH]c2C)cn1. The van der Waals surface area contributed by atoms with Crippen molar-refractivity contribution in [3.05, 3.63) is 29.8 Å². The lowest BCUT2D eigenvalue weighted by molar-refractivity contribution is -0.141. The van der Waals surface area contributed by atoms with Crippen molar-refractivity contribution in [1.29, 1.82) is 0 Å². The standard InChI is InChI=1S/C11H13N5O3/c1-7-9(4-12-15-7)11(18)14-8-3-13-16(5-8)6-10(17)19-2/h3-5H,6H2,1-2H3,(H,12,15)(H,14,18). The first kappa shape index (κ1) is 12.8. The first-order valence-electron chi connectivity index (χ1n) is 5.50. The lowest BCUT2D eigenvalue weighted by Gasteiger charge is -2.00. The summed E-state index contributed by atoms with van der Waals surface area (Å²) in [6.07, 6.45) is 4.45. The molecule has 8 heteroatoms. The molecule has 1 amide bonds. The molecule has 0 aliphatic carbocycles. The molecule has 2 aromatic rings.